The van der Waals surface area contributed by atoms with E-state index in [0.29, 0.717) is 22.0 Å². The minimum atomic E-state index is -0.575. The largest absolute Gasteiger partial charge is 0.444 e. The van der Waals surface area contributed by atoms with E-state index in [1.807, 2.05) is 12.1 Å². The highest BCUT2D eigenvalue weighted by Crippen LogP contribution is 2.26. The first-order valence-corrected chi connectivity index (χ1v) is 9.31. The smallest absolute Gasteiger partial charge is 0.284 e. The van der Waals surface area contributed by atoms with Crippen LogP contribution in [0.5, 0.6) is 0 Å². The summed E-state index contributed by atoms with van der Waals surface area (Å²) in [5.41, 5.74) is 3.75. The summed E-state index contributed by atoms with van der Waals surface area (Å²) in [7, 11) is 0. The number of carbonyl (C=O) groups is 2. The molecule has 146 valence electrons. The lowest BCUT2D eigenvalue weighted by Crippen LogP contribution is -2.19. The van der Waals surface area contributed by atoms with Crippen molar-refractivity contribution in [1.29, 1.82) is 0 Å². The van der Waals surface area contributed by atoms with Crippen molar-refractivity contribution >= 4 is 28.8 Å². The summed E-state index contributed by atoms with van der Waals surface area (Å²) in [6, 6.07) is 12.3. The van der Waals surface area contributed by atoms with Gasteiger partial charge in [-0.05, 0) is 42.5 Å². The van der Waals surface area contributed by atoms with Gasteiger partial charge < -0.3 is 9.73 Å². The van der Waals surface area contributed by atoms with E-state index >= 15 is 0 Å². The molecule has 0 bridgehead atoms. The Bertz CT molecular complexity index is 1130. The molecule has 0 spiro atoms. The number of aromatic nitrogens is 3. The first-order valence-electron chi connectivity index (χ1n) is 8.49. The van der Waals surface area contributed by atoms with E-state index in [9.17, 15) is 9.59 Å². The standard InChI is InChI=1S/C19H15N5O4S/c25-18(21-13-3-1-12(2-4-13)15-9-20-11-28-15)10-24-8-7-14(22-24)16-5-6-17(29-16)19(26)23-27/h1-9,11,27H,10H2,(H,21,25)(H,23,26). The maximum atomic E-state index is 12.3. The first-order chi connectivity index (χ1) is 14.1. The van der Waals surface area contributed by atoms with Gasteiger partial charge in [0.2, 0.25) is 5.91 Å². The monoisotopic (exact) mass is 409 g/mol. The summed E-state index contributed by atoms with van der Waals surface area (Å²) < 4.78 is 6.75. The second kappa shape index (κ2) is 8.09. The van der Waals surface area contributed by atoms with E-state index in [1.165, 1.54) is 22.4 Å². The Morgan fingerprint density at radius 3 is 2.69 bits per heavy atom. The molecule has 0 fully saturated rings. The molecule has 29 heavy (non-hydrogen) atoms. The molecule has 10 heteroatoms. The molecule has 4 rings (SSSR count). The summed E-state index contributed by atoms with van der Waals surface area (Å²) in [6.07, 6.45) is 4.67. The number of benzene rings is 1. The molecule has 9 nitrogen and oxygen atoms in total. The van der Waals surface area contributed by atoms with Crippen LogP contribution in [0.4, 0.5) is 5.69 Å². The SMILES string of the molecule is O=C(Cn1ccc(-c2ccc(C(=O)NO)s2)n1)Nc1ccc(-c2cnco2)cc1. The molecule has 3 N–H and O–H groups in total. The third-order valence-corrected chi connectivity index (χ3v) is 5.12. The predicted octanol–water partition coefficient (Wildman–Crippen LogP) is 3.02. The highest BCUT2D eigenvalue weighted by Gasteiger charge is 2.12. The van der Waals surface area contributed by atoms with Gasteiger partial charge in [-0.2, -0.15) is 5.10 Å². The zero-order chi connectivity index (χ0) is 20.2. The van der Waals surface area contributed by atoms with Crippen molar-refractivity contribution in [1.82, 2.24) is 20.2 Å². The molecule has 0 saturated heterocycles. The van der Waals surface area contributed by atoms with Gasteiger partial charge in [0.1, 0.15) is 12.2 Å². The van der Waals surface area contributed by atoms with Crippen molar-refractivity contribution < 1.29 is 19.2 Å². The number of amides is 2. The van der Waals surface area contributed by atoms with E-state index in [0.717, 1.165) is 10.4 Å². The first kappa shape index (κ1) is 18.6. The fraction of sp³-hybridized carbons (Fsp3) is 0.0526. The number of oxazole rings is 1. The number of thiophene rings is 1. The van der Waals surface area contributed by atoms with Crippen molar-refractivity contribution in [2.24, 2.45) is 0 Å². The molecule has 4 aromatic rings. The second-order valence-corrected chi connectivity index (χ2v) is 7.08. The van der Waals surface area contributed by atoms with Crippen molar-refractivity contribution in [3.63, 3.8) is 0 Å². The Labute approximate surface area is 168 Å². The van der Waals surface area contributed by atoms with Gasteiger partial charge in [-0.1, -0.05) is 0 Å². The van der Waals surface area contributed by atoms with Gasteiger partial charge in [-0.25, -0.2) is 10.5 Å². The van der Waals surface area contributed by atoms with Crippen LogP contribution in [0.15, 0.2) is 65.7 Å². The van der Waals surface area contributed by atoms with Crippen molar-refractivity contribution in [2.45, 2.75) is 6.54 Å². The van der Waals surface area contributed by atoms with Crippen LogP contribution in [0.3, 0.4) is 0 Å². The Kier molecular flexibility index (Phi) is 5.18. The number of anilines is 1. The number of nitrogens with one attached hydrogen (secondary N) is 2. The van der Waals surface area contributed by atoms with E-state index in [2.05, 4.69) is 15.4 Å². The molecular weight excluding hydrogens is 394 g/mol. The van der Waals surface area contributed by atoms with E-state index in [1.54, 1.807) is 48.2 Å². The number of rotatable bonds is 6. The lowest BCUT2D eigenvalue weighted by atomic mass is 10.2. The summed E-state index contributed by atoms with van der Waals surface area (Å²) in [5, 5.41) is 15.9. The van der Waals surface area contributed by atoms with E-state index in [-0.39, 0.29) is 12.5 Å². The lowest BCUT2D eigenvalue weighted by Gasteiger charge is -2.06. The Morgan fingerprint density at radius 1 is 1.14 bits per heavy atom. The van der Waals surface area contributed by atoms with Gasteiger partial charge >= 0.3 is 0 Å². The fourth-order valence-electron chi connectivity index (χ4n) is 2.66. The maximum absolute atomic E-state index is 12.3. The van der Waals surface area contributed by atoms with Gasteiger partial charge in [-0.3, -0.25) is 19.5 Å². The average Bonchev–Trinajstić information content (AvgIpc) is 3.48. The molecule has 0 aliphatic carbocycles. The second-order valence-electron chi connectivity index (χ2n) is 5.99. The normalized spacial score (nSPS) is 10.7. The van der Waals surface area contributed by atoms with Gasteiger partial charge in [-0.15, -0.1) is 11.3 Å². The summed E-state index contributed by atoms with van der Waals surface area (Å²) in [5.74, 6) is -0.145. The van der Waals surface area contributed by atoms with E-state index < -0.39 is 5.91 Å². The molecule has 2 amide bonds. The number of carbonyl (C=O) groups excluding carboxylic acids is 2. The van der Waals surface area contributed by atoms with Crippen LogP contribution < -0.4 is 10.8 Å². The molecule has 3 heterocycles. The third-order valence-electron chi connectivity index (χ3n) is 4.02. The van der Waals surface area contributed by atoms with Crippen molar-refractivity contribution in [3.8, 4) is 21.9 Å². The van der Waals surface area contributed by atoms with Crippen molar-refractivity contribution in [2.75, 3.05) is 5.32 Å². The van der Waals surface area contributed by atoms with Crippen LogP contribution >= 0.6 is 11.3 Å². The molecule has 1 aromatic carbocycles. The average molecular weight is 409 g/mol. The highest BCUT2D eigenvalue weighted by atomic mass is 32.1. The number of hydroxylamine groups is 1. The minimum absolute atomic E-state index is 0.0409. The molecule has 0 atom stereocenters. The Morgan fingerprint density at radius 2 is 1.97 bits per heavy atom. The Hall–Kier alpha value is -3.76. The fourth-order valence-corrected chi connectivity index (χ4v) is 3.52. The van der Waals surface area contributed by atoms with Gasteiger partial charge in [0.05, 0.1) is 16.0 Å². The van der Waals surface area contributed by atoms with Gasteiger partial charge in [0.15, 0.2) is 12.2 Å². The van der Waals surface area contributed by atoms with Crippen LogP contribution in [0.2, 0.25) is 0 Å². The molecule has 0 radical (unpaired) electrons. The predicted molar refractivity (Wildman–Crippen MR) is 105 cm³/mol. The van der Waals surface area contributed by atoms with Crippen LogP contribution in [0, 0.1) is 0 Å². The zero-order valence-corrected chi connectivity index (χ0v) is 15.7. The zero-order valence-electron chi connectivity index (χ0n) is 14.9. The highest BCUT2D eigenvalue weighted by molar-refractivity contribution is 7.17. The lowest BCUT2D eigenvalue weighted by molar-refractivity contribution is -0.116. The number of hydrogen-bond donors (Lipinski definition) is 3. The Balaban J connectivity index is 1.38. The topological polar surface area (TPSA) is 122 Å². The number of nitrogens with zero attached hydrogens (tertiary/aromatic N) is 3. The van der Waals surface area contributed by atoms with Gasteiger partial charge in [0, 0.05) is 17.4 Å². The third kappa shape index (κ3) is 4.23. The molecule has 3 aromatic heterocycles. The molecule has 0 aliphatic rings. The van der Waals surface area contributed by atoms with Crippen LogP contribution in [0.1, 0.15) is 9.67 Å². The van der Waals surface area contributed by atoms with Crippen LogP contribution in [0.25, 0.3) is 21.9 Å². The molecule has 0 saturated carbocycles. The molecule has 0 unspecified atom stereocenters. The van der Waals surface area contributed by atoms with Crippen LogP contribution in [-0.4, -0.2) is 31.8 Å². The number of hydrogen-bond acceptors (Lipinski definition) is 7. The van der Waals surface area contributed by atoms with Gasteiger partial charge in [0.25, 0.3) is 5.91 Å². The summed E-state index contributed by atoms with van der Waals surface area (Å²) >= 11 is 1.19. The molecular formula is C19H15N5O4S. The maximum Gasteiger partial charge on any atom is 0.284 e. The van der Waals surface area contributed by atoms with Crippen molar-refractivity contribution in [3.05, 3.63) is 66.1 Å². The minimum Gasteiger partial charge on any atom is -0.444 e. The van der Waals surface area contributed by atoms with E-state index in [4.69, 9.17) is 9.62 Å². The summed E-state index contributed by atoms with van der Waals surface area (Å²) in [4.78, 5) is 28.7. The summed E-state index contributed by atoms with van der Waals surface area (Å²) in [6.45, 7) is 0.0409. The quantitative estimate of drug-likeness (QED) is 0.332. The molecule has 0 aliphatic heterocycles. The van der Waals surface area contributed by atoms with Crippen LogP contribution in [-0.2, 0) is 11.3 Å².